The summed E-state index contributed by atoms with van der Waals surface area (Å²) in [5, 5.41) is 11.1. The minimum absolute atomic E-state index is 0.0627. The fourth-order valence-electron chi connectivity index (χ4n) is 3.12. The van der Waals surface area contributed by atoms with Gasteiger partial charge in [0.05, 0.1) is 17.4 Å². The number of fused-ring (bicyclic) bond motifs is 1. The highest BCUT2D eigenvalue weighted by atomic mass is 16.2. The molecule has 1 saturated heterocycles. The fraction of sp³-hybridized carbons (Fsp3) is 0.211. The Morgan fingerprint density at radius 1 is 1.16 bits per heavy atom. The van der Waals surface area contributed by atoms with Crippen molar-refractivity contribution in [3.8, 4) is 5.69 Å². The number of piperidine rings is 1. The summed E-state index contributed by atoms with van der Waals surface area (Å²) in [7, 11) is 0. The van der Waals surface area contributed by atoms with Crippen molar-refractivity contribution in [3.05, 3.63) is 54.7 Å². The van der Waals surface area contributed by atoms with E-state index in [0.29, 0.717) is 13.0 Å². The maximum atomic E-state index is 12.3. The zero-order valence-corrected chi connectivity index (χ0v) is 13.6. The number of hydrogen-bond donors (Lipinski definition) is 2. The van der Waals surface area contributed by atoms with Gasteiger partial charge in [0, 0.05) is 30.0 Å². The molecule has 1 atom stereocenters. The lowest BCUT2D eigenvalue weighted by Gasteiger charge is -2.21. The van der Waals surface area contributed by atoms with Crippen molar-refractivity contribution >= 4 is 28.4 Å². The van der Waals surface area contributed by atoms with Gasteiger partial charge in [-0.25, -0.2) is 4.68 Å². The number of carbonyl (C=O) groups is 2. The molecule has 2 heterocycles. The Kier molecular flexibility index (Phi) is 3.93. The first-order valence-electron chi connectivity index (χ1n) is 8.31. The van der Waals surface area contributed by atoms with Crippen molar-refractivity contribution in [2.24, 2.45) is 5.92 Å². The summed E-state index contributed by atoms with van der Waals surface area (Å²) in [6.07, 6.45) is 2.76. The second-order valence-corrected chi connectivity index (χ2v) is 6.19. The van der Waals surface area contributed by atoms with Gasteiger partial charge in [0.1, 0.15) is 0 Å². The highest BCUT2D eigenvalue weighted by Gasteiger charge is 2.25. The quantitative estimate of drug-likeness (QED) is 0.773. The lowest BCUT2D eigenvalue weighted by Crippen LogP contribution is -2.38. The van der Waals surface area contributed by atoms with Crippen molar-refractivity contribution in [2.75, 3.05) is 11.9 Å². The van der Waals surface area contributed by atoms with Crippen LogP contribution in [0.3, 0.4) is 0 Å². The minimum Gasteiger partial charge on any atom is -0.356 e. The van der Waals surface area contributed by atoms with Crippen LogP contribution in [0.1, 0.15) is 12.8 Å². The van der Waals surface area contributed by atoms with Crippen molar-refractivity contribution in [1.82, 2.24) is 15.1 Å². The Morgan fingerprint density at radius 3 is 2.76 bits per heavy atom. The number of carbonyl (C=O) groups excluding carboxylic acids is 2. The lowest BCUT2D eigenvalue weighted by atomic mass is 9.96. The van der Waals surface area contributed by atoms with E-state index in [0.717, 1.165) is 22.3 Å². The molecule has 4 rings (SSSR count). The number of hydrogen-bond acceptors (Lipinski definition) is 3. The molecule has 2 aromatic carbocycles. The molecule has 0 saturated carbocycles. The number of amides is 2. The molecule has 25 heavy (non-hydrogen) atoms. The second-order valence-electron chi connectivity index (χ2n) is 6.19. The molecule has 1 aliphatic heterocycles. The van der Waals surface area contributed by atoms with E-state index in [-0.39, 0.29) is 24.2 Å². The molecular formula is C19H18N4O2. The summed E-state index contributed by atoms with van der Waals surface area (Å²) < 4.78 is 1.87. The third-order valence-corrected chi connectivity index (χ3v) is 4.47. The zero-order chi connectivity index (χ0) is 17.2. The van der Waals surface area contributed by atoms with E-state index in [1.165, 1.54) is 0 Å². The first kappa shape index (κ1) is 15.4. The van der Waals surface area contributed by atoms with Crippen LogP contribution in [0.5, 0.6) is 0 Å². The summed E-state index contributed by atoms with van der Waals surface area (Å²) in [5.41, 5.74) is 2.68. The van der Waals surface area contributed by atoms with Crippen LogP contribution < -0.4 is 10.6 Å². The van der Waals surface area contributed by atoms with Gasteiger partial charge in [0.25, 0.3) is 0 Å². The number of aromatic nitrogens is 2. The Balaban J connectivity index is 1.50. The molecular weight excluding hydrogens is 316 g/mol. The molecule has 1 fully saturated rings. The monoisotopic (exact) mass is 334 g/mol. The van der Waals surface area contributed by atoms with E-state index in [2.05, 4.69) is 15.7 Å². The molecule has 0 radical (unpaired) electrons. The van der Waals surface area contributed by atoms with Crippen LogP contribution in [0.2, 0.25) is 0 Å². The molecule has 126 valence electrons. The summed E-state index contributed by atoms with van der Waals surface area (Å²) in [6.45, 7) is 0.558. The lowest BCUT2D eigenvalue weighted by molar-refractivity contribution is -0.129. The maximum Gasteiger partial charge on any atom is 0.228 e. The van der Waals surface area contributed by atoms with Crippen LogP contribution in [0.4, 0.5) is 5.69 Å². The van der Waals surface area contributed by atoms with E-state index >= 15 is 0 Å². The number of para-hydroxylation sites is 1. The standard InChI is InChI=1S/C19H18N4O2/c24-18-11-13(9-10-20-18)19(25)22-15-5-7-16(8-6-15)23-17-4-2-1-3-14(17)12-21-23/h1-8,12-13H,9-11H2,(H,20,24)(H,22,25). The molecule has 2 N–H and O–H groups in total. The van der Waals surface area contributed by atoms with E-state index in [9.17, 15) is 9.59 Å². The van der Waals surface area contributed by atoms with Gasteiger partial charge in [0.2, 0.25) is 11.8 Å². The fourth-order valence-corrected chi connectivity index (χ4v) is 3.12. The molecule has 1 aromatic heterocycles. The Labute approximate surface area is 144 Å². The maximum absolute atomic E-state index is 12.3. The Bertz CT molecular complexity index is 930. The topological polar surface area (TPSA) is 76.0 Å². The smallest absolute Gasteiger partial charge is 0.228 e. The van der Waals surface area contributed by atoms with Gasteiger partial charge in [0.15, 0.2) is 0 Å². The number of anilines is 1. The van der Waals surface area contributed by atoms with E-state index in [4.69, 9.17) is 0 Å². The van der Waals surface area contributed by atoms with Crippen LogP contribution in [0.25, 0.3) is 16.6 Å². The molecule has 2 amide bonds. The predicted octanol–water partition coefficient (Wildman–Crippen LogP) is 2.49. The summed E-state index contributed by atoms with van der Waals surface area (Å²) >= 11 is 0. The summed E-state index contributed by atoms with van der Waals surface area (Å²) in [4.78, 5) is 23.7. The highest BCUT2D eigenvalue weighted by molar-refractivity contribution is 5.95. The van der Waals surface area contributed by atoms with E-state index in [1.807, 2.05) is 59.4 Å². The Hall–Kier alpha value is -3.15. The van der Waals surface area contributed by atoms with Gasteiger partial charge in [-0.15, -0.1) is 0 Å². The van der Waals surface area contributed by atoms with Crippen molar-refractivity contribution in [3.63, 3.8) is 0 Å². The van der Waals surface area contributed by atoms with Crippen molar-refractivity contribution in [1.29, 1.82) is 0 Å². The molecule has 6 heteroatoms. The van der Waals surface area contributed by atoms with Gasteiger partial charge in [-0.3, -0.25) is 9.59 Å². The first-order chi connectivity index (χ1) is 12.2. The number of nitrogens with one attached hydrogen (secondary N) is 2. The Morgan fingerprint density at radius 2 is 1.96 bits per heavy atom. The molecule has 6 nitrogen and oxygen atoms in total. The average molecular weight is 334 g/mol. The zero-order valence-electron chi connectivity index (χ0n) is 13.6. The summed E-state index contributed by atoms with van der Waals surface area (Å²) in [6, 6.07) is 15.6. The third-order valence-electron chi connectivity index (χ3n) is 4.47. The van der Waals surface area contributed by atoms with E-state index < -0.39 is 0 Å². The van der Waals surface area contributed by atoms with Gasteiger partial charge < -0.3 is 10.6 Å². The van der Waals surface area contributed by atoms with Gasteiger partial charge >= 0.3 is 0 Å². The van der Waals surface area contributed by atoms with Crippen molar-refractivity contribution < 1.29 is 9.59 Å². The molecule has 1 aliphatic rings. The highest BCUT2D eigenvalue weighted by Crippen LogP contribution is 2.21. The number of nitrogens with zero attached hydrogens (tertiary/aromatic N) is 2. The van der Waals surface area contributed by atoms with Crippen LogP contribution >= 0.6 is 0 Å². The SMILES string of the molecule is O=C1CC(C(=O)Nc2ccc(-n3ncc4ccccc43)cc2)CCN1. The molecule has 0 spiro atoms. The van der Waals surface area contributed by atoms with Crippen LogP contribution in [0.15, 0.2) is 54.7 Å². The minimum atomic E-state index is -0.261. The summed E-state index contributed by atoms with van der Waals surface area (Å²) in [5.74, 6) is -0.428. The van der Waals surface area contributed by atoms with Gasteiger partial charge in [-0.2, -0.15) is 5.10 Å². The first-order valence-corrected chi connectivity index (χ1v) is 8.31. The van der Waals surface area contributed by atoms with Gasteiger partial charge in [-0.05, 0) is 36.8 Å². The van der Waals surface area contributed by atoms with Crippen LogP contribution in [0, 0.1) is 5.92 Å². The molecule has 0 aliphatic carbocycles. The number of rotatable bonds is 3. The van der Waals surface area contributed by atoms with Crippen LogP contribution in [-0.4, -0.2) is 28.1 Å². The van der Waals surface area contributed by atoms with Gasteiger partial charge in [-0.1, -0.05) is 18.2 Å². The molecule has 3 aromatic rings. The largest absolute Gasteiger partial charge is 0.356 e. The predicted molar refractivity (Wildman–Crippen MR) is 95.4 cm³/mol. The molecule has 0 bridgehead atoms. The second kappa shape index (κ2) is 6.39. The third kappa shape index (κ3) is 3.10. The average Bonchev–Trinajstić information content (AvgIpc) is 3.06. The molecule has 1 unspecified atom stereocenters. The van der Waals surface area contributed by atoms with Crippen molar-refractivity contribution in [2.45, 2.75) is 12.8 Å². The van der Waals surface area contributed by atoms with Crippen LogP contribution in [-0.2, 0) is 9.59 Å². The number of benzene rings is 2. The van der Waals surface area contributed by atoms with E-state index in [1.54, 1.807) is 0 Å². The normalized spacial score (nSPS) is 17.3.